The Bertz CT molecular complexity index is 1010. The average Bonchev–Trinajstić information content (AvgIpc) is 3.17. The number of benzene rings is 1. The maximum absolute atomic E-state index is 6.23. The summed E-state index contributed by atoms with van der Waals surface area (Å²) in [6, 6.07) is 6.18. The van der Waals surface area contributed by atoms with Crippen LogP contribution in [0.1, 0.15) is 37.6 Å². The van der Waals surface area contributed by atoms with Gasteiger partial charge in [0.15, 0.2) is 0 Å². The van der Waals surface area contributed by atoms with Crippen molar-refractivity contribution in [2.45, 2.75) is 43.1 Å². The Hall–Kier alpha value is -0.700. The van der Waals surface area contributed by atoms with Crippen molar-refractivity contribution in [3.05, 3.63) is 55.9 Å². The van der Waals surface area contributed by atoms with Gasteiger partial charge in [-0.3, -0.25) is 0 Å². The molecule has 1 aromatic heterocycles. The zero-order chi connectivity index (χ0) is 19.8. The van der Waals surface area contributed by atoms with E-state index in [-0.39, 0.29) is 20.9 Å². The van der Waals surface area contributed by atoms with Crippen LogP contribution < -0.4 is 13.2 Å². The van der Waals surface area contributed by atoms with Crippen LogP contribution in [0.4, 0.5) is 5.69 Å². The SMILES string of the molecule is CCN1C(=CC(C)=Cc2sc3c([n+]2CC)[Te]C(C)C=C3)Sc2ccc(Cl)cc21. The fourth-order valence-electron chi connectivity index (χ4n) is 3.46. The van der Waals surface area contributed by atoms with Gasteiger partial charge in [0.05, 0.1) is 0 Å². The number of thiazole rings is 1. The molecular weight excluding hydrogens is 519 g/mol. The zero-order valence-corrected chi connectivity index (χ0v) is 21.2. The number of anilines is 1. The molecule has 1 atom stereocenters. The molecule has 1 aromatic carbocycles. The summed E-state index contributed by atoms with van der Waals surface area (Å²) in [6.45, 7) is 11.0. The first-order valence-electron chi connectivity index (χ1n) is 9.56. The van der Waals surface area contributed by atoms with E-state index in [0.29, 0.717) is 0 Å². The first kappa shape index (κ1) is 20.6. The predicted molar refractivity (Wildman–Crippen MR) is 126 cm³/mol. The number of rotatable bonds is 4. The standard InChI is InChI=1S/C22H24ClN2S2Te/c1-5-24-17-13-16(23)8-10-18(17)26-20(24)11-14(3)12-21-25(6-2)22-19(27-21)9-7-15(4)28-22/h7-13,15H,5-6H2,1-4H3/q+1. The molecular formula is C22H24ClN2S2Te+. The van der Waals surface area contributed by atoms with E-state index in [2.05, 4.69) is 73.6 Å². The number of aromatic nitrogens is 1. The van der Waals surface area contributed by atoms with Crippen molar-refractivity contribution in [2.24, 2.45) is 0 Å². The van der Waals surface area contributed by atoms with E-state index >= 15 is 0 Å². The second-order valence-electron chi connectivity index (χ2n) is 6.87. The summed E-state index contributed by atoms with van der Waals surface area (Å²) in [6.07, 6.45) is 9.40. The van der Waals surface area contributed by atoms with Gasteiger partial charge in [0.25, 0.3) is 0 Å². The van der Waals surface area contributed by atoms with Gasteiger partial charge in [-0.05, 0) is 0 Å². The minimum absolute atomic E-state index is 0.140. The molecule has 4 rings (SSSR count). The third kappa shape index (κ3) is 3.98. The van der Waals surface area contributed by atoms with Crippen LogP contribution in [0.5, 0.6) is 0 Å². The summed E-state index contributed by atoms with van der Waals surface area (Å²) in [7, 11) is 0. The van der Waals surface area contributed by atoms with Crippen LogP contribution in [0.15, 0.2) is 45.8 Å². The summed E-state index contributed by atoms with van der Waals surface area (Å²) in [5, 5.41) is 3.45. The van der Waals surface area contributed by atoms with Gasteiger partial charge in [-0.15, -0.1) is 0 Å². The molecule has 3 heterocycles. The van der Waals surface area contributed by atoms with E-state index < -0.39 is 0 Å². The quantitative estimate of drug-likeness (QED) is 0.358. The Morgan fingerprint density at radius 3 is 2.93 bits per heavy atom. The maximum atomic E-state index is 6.23. The molecule has 0 saturated carbocycles. The molecule has 0 fully saturated rings. The molecule has 146 valence electrons. The van der Waals surface area contributed by atoms with E-state index in [0.717, 1.165) is 22.1 Å². The van der Waals surface area contributed by atoms with Gasteiger partial charge in [0.2, 0.25) is 0 Å². The summed E-state index contributed by atoms with van der Waals surface area (Å²) >= 11 is 9.86. The molecule has 2 aliphatic heterocycles. The average molecular weight is 544 g/mol. The zero-order valence-electron chi connectivity index (χ0n) is 16.5. The van der Waals surface area contributed by atoms with Gasteiger partial charge < -0.3 is 0 Å². The van der Waals surface area contributed by atoms with Crippen molar-refractivity contribution in [3.63, 3.8) is 0 Å². The molecule has 0 N–H and O–H groups in total. The van der Waals surface area contributed by atoms with Crippen LogP contribution in [0, 0.1) is 0 Å². The van der Waals surface area contributed by atoms with Gasteiger partial charge in [0, 0.05) is 0 Å². The Labute approximate surface area is 191 Å². The fraction of sp³-hybridized carbons (Fsp3) is 0.318. The number of fused-ring (bicyclic) bond motifs is 2. The van der Waals surface area contributed by atoms with E-state index in [1.807, 2.05) is 29.2 Å². The van der Waals surface area contributed by atoms with Crippen LogP contribution in [0.3, 0.4) is 0 Å². The van der Waals surface area contributed by atoms with Crippen molar-refractivity contribution < 1.29 is 4.57 Å². The number of allylic oxidation sites excluding steroid dienone is 3. The number of thioether (sulfide) groups is 1. The van der Waals surface area contributed by atoms with Gasteiger partial charge in [-0.1, -0.05) is 0 Å². The fourth-order valence-corrected chi connectivity index (χ4v) is 9.84. The predicted octanol–water partition coefficient (Wildman–Crippen LogP) is 5.75. The molecule has 1 unspecified atom stereocenters. The van der Waals surface area contributed by atoms with Crippen LogP contribution >= 0.6 is 34.7 Å². The number of halogens is 1. The van der Waals surface area contributed by atoms with Crippen molar-refractivity contribution >= 4 is 77.2 Å². The minimum atomic E-state index is -0.140. The molecule has 0 amide bonds. The Balaban J connectivity index is 1.66. The topological polar surface area (TPSA) is 7.12 Å². The molecule has 0 spiro atoms. The molecule has 0 aliphatic carbocycles. The van der Waals surface area contributed by atoms with Crippen molar-refractivity contribution in [1.82, 2.24) is 0 Å². The van der Waals surface area contributed by atoms with E-state index in [9.17, 15) is 0 Å². The number of hydrogen-bond acceptors (Lipinski definition) is 3. The van der Waals surface area contributed by atoms with Crippen LogP contribution in [0.25, 0.3) is 12.2 Å². The van der Waals surface area contributed by atoms with Crippen molar-refractivity contribution in [2.75, 3.05) is 11.4 Å². The summed E-state index contributed by atoms with van der Waals surface area (Å²) in [5.74, 6) is 0. The number of nitrogens with zero attached hydrogens (tertiary/aromatic N) is 2. The van der Waals surface area contributed by atoms with Gasteiger partial charge in [0.1, 0.15) is 0 Å². The number of hydrogen-bond donors (Lipinski definition) is 0. The molecule has 0 bridgehead atoms. The molecule has 2 aromatic rings. The third-order valence-electron chi connectivity index (χ3n) is 4.78. The first-order valence-corrected chi connectivity index (χ1v) is 14.1. The summed E-state index contributed by atoms with van der Waals surface area (Å²) < 4.78 is 4.91. The normalized spacial score (nSPS) is 20.0. The second kappa shape index (κ2) is 8.58. The van der Waals surface area contributed by atoms with Crippen LogP contribution in [-0.4, -0.2) is 27.5 Å². The van der Waals surface area contributed by atoms with Crippen molar-refractivity contribution in [3.8, 4) is 0 Å². The third-order valence-corrected chi connectivity index (χ3v) is 11.0. The van der Waals surface area contributed by atoms with E-state index in [1.165, 1.54) is 31.1 Å². The molecule has 2 nitrogen and oxygen atoms in total. The second-order valence-corrected chi connectivity index (χ2v) is 13.3. The van der Waals surface area contributed by atoms with Crippen LogP contribution in [-0.2, 0) is 6.54 Å². The Morgan fingerprint density at radius 1 is 1.36 bits per heavy atom. The summed E-state index contributed by atoms with van der Waals surface area (Å²) in [4.78, 5) is 5.11. The molecule has 28 heavy (non-hydrogen) atoms. The molecule has 6 heteroatoms. The van der Waals surface area contributed by atoms with E-state index in [4.69, 9.17) is 11.6 Å². The van der Waals surface area contributed by atoms with Gasteiger partial charge in [-0.25, -0.2) is 0 Å². The Kier molecular flexibility index (Phi) is 6.30. The van der Waals surface area contributed by atoms with Gasteiger partial charge >= 0.3 is 192 Å². The molecule has 2 aliphatic rings. The van der Waals surface area contributed by atoms with Crippen LogP contribution in [0.2, 0.25) is 8.99 Å². The molecule has 0 saturated heterocycles. The van der Waals surface area contributed by atoms with Gasteiger partial charge in [-0.2, -0.15) is 0 Å². The molecule has 0 radical (unpaired) electrons. The summed E-state index contributed by atoms with van der Waals surface area (Å²) in [5.41, 5.74) is 2.51. The Morgan fingerprint density at radius 2 is 2.18 bits per heavy atom. The first-order chi connectivity index (χ1) is 13.5. The van der Waals surface area contributed by atoms with Crippen molar-refractivity contribution in [1.29, 1.82) is 0 Å². The van der Waals surface area contributed by atoms with E-state index in [1.54, 1.807) is 3.74 Å². The monoisotopic (exact) mass is 545 g/mol.